The molecule has 0 fully saturated rings. The van der Waals surface area contributed by atoms with Crippen molar-refractivity contribution in [2.75, 3.05) is 6.54 Å². The highest BCUT2D eigenvalue weighted by atomic mass is 16.6. The molecule has 1 amide bonds. The van der Waals surface area contributed by atoms with Crippen LogP contribution in [0.4, 0.5) is 4.79 Å². The van der Waals surface area contributed by atoms with Crippen LogP contribution in [0, 0.1) is 0 Å². The molecule has 118 valence electrons. The number of carbonyl (C=O) groups excluding carboxylic acids is 1. The van der Waals surface area contributed by atoms with E-state index in [0.717, 1.165) is 13.0 Å². The maximum Gasteiger partial charge on any atom is 0.407 e. The molecule has 0 radical (unpaired) electrons. The molecule has 1 aromatic carbocycles. The molecule has 1 unspecified atom stereocenters. The summed E-state index contributed by atoms with van der Waals surface area (Å²) in [6.07, 6.45) is 0.660. The first kappa shape index (κ1) is 17.5. The fraction of sp³-hybridized carbons (Fsp3) is 0.588. The van der Waals surface area contributed by atoms with E-state index in [9.17, 15) is 4.79 Å². The summed E-state index contributed by atoms with van der Waals surface area (Å²) in [4.78, 5) is 11.6. The molecule has 1 aromatic rings. The smallest absolute Gasteiger partial charge is 0.407 e. The van der Waals surface area contributed by atoms with Crippen molar-refractivity contribution in [1.29, 1.82) is 0 Å². The Morgan fingerprint density at radius 1 is 1.24 bits per heavy atom. The first-order chi connectivity index (χ1) is 9.81. The standard InChI is InChI=1S/C17H28N2O2/c1-6-14-9-7-8-10-15(14)12-18-13(2)11-19-16(20)21-17(3,4)5/h7-10,13,18H,6,11-12H2,1-5H3,(H,19,20). The fourth-order valence-electron chi connectivity index (χ4n) is 1.98. The number of ether oxygens (including phenoxy) is 1. The lowest BCUT2D eigenvalue weighted by molar-refractivity contribution is 0.0523. The van der Waals surface area contributed by atoms with Crippen molar-refractivity contribution in [2.45, 2.75) is 59.2 Å². The second-order valence-electron chi connectivity index (χ2n) is 6.29. The summed E-state index contributed by atoms with van der Waals surface area (Å²) < 4.78 is 5.21. The Morgan fingerprint density at radius 3 is 2.43 bits per heavy atom. The van der Waals surface area contributed by atoms with E-state index in [0.29, 0.717) is 6.54 Å². The van der Waals surface area contributed by atoms with Crippen molar-refractivity contribution in [3.8, 4) is 0 Å². The molecule has 4 nitrogen and oxygen atoms in total. The molecule has 0 saturated carbocycles. The van der Waals surface area contributed by atoms with Crippen molar-refractivity contribution in [3.05, 3.63) is 35.4 Å². The van der Waals surface area contributed by atoms with Gasteiger partial charge < -0.3 is 15.4 Å². The number of carbonyl (C=O) groups is 1. The average Bonchev–Trinajstić information content (AvgIpc) is 2.41. The van der Waals surface area contributed by atoms with Gasteiger partial charge >= 0.3 is 6.09 Å². The fourth-order valence-corrected chi connectivity index (χ4v) is 1.98. The quantitative estimate of drug-likeness (QED) is 0.846. The highest BCUT2D eigenvalue weighted by Crippen LogP contribution is 2.09. The largest absolute Gasteiger partial charge is 0.444 e. The van der Waals surface area contributed by atoms with Gasteiger partial charge in [0.1, 0.15) is 5.60 Å². The van der Waals surface area contributed by atoms with Crippen molar-refractivity contribution >= 4 is 6.09 Å². The molecular formula is C17H28N2O2. The summed E-state index contributed by atoms with van der Waals surface area (Å²) in [5, 5.41) is 6.20. The van der Waals surface area contributed by atoms with E-state index in [4.69, 9.17) is 4.74 Å². The molecule has 21 heavy (non-hydrogen) atoms. The first-order valence-corrected chi connectivity index (χ1v) is 7.59. The van der Waals surface area contributed by atoms with E-state index in [2.05, 4.69) is 41.8 Å². The zero-order chi connectivity index (χ0) is 15.9. The van der Waals surface area contributed by atoms with Crippen LogP contribution < -0.4 is 10.6 Å². The third-order valence-corrected chi connectivity index (χ3v) is 3.09. The highest BCUT2D eigenvalue weighted by Gasteiger charge is 2.16. The molecular weight excluding hydrogens is 264 g/mol. The molecule has 0 aliphatic heterocycles. The summed E-state index contributed by atoms with van der Waals surface area (Å²) in [5.41, 5.74) is 2.21. The van der Waals surface area contributed by atoms with E-state index in [1.807, 2.05) is 27.7 Å². The first-order valence-electron chi connectivity index (χ1n) is 7.59. The van der Waals surface area contributed by atoms with Crippen LogP contribution in [0.2, 0.25) is 0 Å². The Morgan fingerprint density at radius 2 is 1.86 bits per heavy atom. The van der Waals surface area contributed by atoms with Crippen LogP contribution >= 0.6 is 0 Å². The van der Waals surface area contributed by atoms with Crippen molar-refractivity contribution < 1.29 is 9.53 Å². The lowest BCUT2D eigenvalue weighted by atomic mass is 10.1. The minimum Gasteiger partial charge on any atom is -0.444 e. The highest BCUT2D eigenvalue weighted by molar-refractivity contribution is 5.67. The third kappa shape index (κ3) is 7.14. The van der Waals surface area contributed by atoms with Crippen LogP contribution in [0.3, 0.4) is 0 Å². The number of amides is 1. The maximum absolute atomic E-state index is 11.6. The molecule has 0 aliphatic carbocycles. The van der Waals surface area contributed by atoms with Crippen LogP contribution in [-0.4, -0.2) is 24.3 Å². The number of hydrogen-bond donors (Lipinski definition) is 2. The molecule has 0 heterocycles. The van der Waals surface area contributed by atoms with Gasteiger partial charge in [0.15, 0.2) is 0 Å². The summed E-state index contributed by atoms with van der Waals surface area (Å²) in [7, 11) is 0. The SMILES string of the molecule is CCc1ccccc1CNC(C)CNC(=O)OC(C)(C)C. The summed E-state index contributed by atoms with van der Waals surface area (Å²) >= 11 is 0. The van der Waals surface area contributed by atoms with Crippen molar-refractivity contribution in [2.24, 2.45) is 0 Å². The van der Waals surface area contributed by atoms with Crippen LogP contribution in [0.1, 0.15) is 45.7 Å². The number of benzene rings is 1. The zero-order valence-corrected chi connectivity index (χ0v) is 13.8. The molecule has 0 saturated heterocycles. The molecule has 0 spiro atoms. The van der Waals surface area contributed by atoms with Gasteiger partial charge in [-0.1, -0.05) is 31.2 Å². The number of aryl methyl sites for hydroxylation is 1. The molecule has 0 aliphatic rings. The van der Waals surface area contributed by atoms with Gasteiger partial charge in [0.05, 0.1) is 0 Å². The Kier molecular flexibility index (Phi) is 6.69. The third-order valence-electron chi connectivity index (χ3n) is 3.09. The predicted molar refractivity (Wildman–Crippen MR) is 86.4 cm³/mol. The Labute approximate surface area is 128 Å². The molecule has 1 rings (SSSR count). The van der Waals surface area contributed by atoms with Crippen LogP contribution in [0.15, 0.2) is 24.3 Å². The van der Waals surface area contributed by atoms with Gasteiger partial charge in [0, 0.05) is 19.1 Å². The summed E-state index contributed by atoms with van der Waals surface area (Å²) in [5.74, 6) is 0. The summed E-state index contributed by atoms with van der Waals surface area (Å²) in [6, 6.07) is 8.60. The minimum absolute atomic E-state index is 0.183. The molecule has 0 aromatic heterocycles. The van der Waals surface area contributed by atoms with Gasteiger partial charge in [-0.2, -0.15) is 0 Å². The van der Waals surface area contributed by atoms with Gasteiger partial charge in [-0.25, -0.2) is 4.79 Å². The second-order valence-corrected chi connectivity index (χ2v) is 6.29. The Hall–Kier alpha value is -1.55. The number of rotatable bonds is 6. The van der Waals surface area contributed by atoms with Crippen LogP contribution in [0.5, 0.6) is 0 Å². The van der Waals surface area contributed by atoms with Gasteiger partial charge in [-0.05, 0) is 45.2 Å². The van der Waals surface area contributed by atoms with Crippen LogP contribution in [-0.2, 0) is 17.7 Å². The van der Waals surface area contributed by atoms with Gasteiger partial charge in [-0.3, -0.25) is 0 Å². The van der Waals surface area contributed by atoms with E-state index in [1.165, 1.54) is 11.1 Å². The van der Waals surface area contributed by atoms with Crippen molar-refractivity contribution in [3.63, 3.8) is 0 Å². The Bertz CT molecular complexity index is 452. The van der Waals surface area contributed by atoms with Gasteiger partial charge in [0.25, 0.3) is 0 Å². The van der Waals surface area contributed by atoms with E-state index in [-0.39, 0.29) is 12.1 Å². The minimum atomic E-state index is -0.458. The lowest BCUT2D eigenvalue weighted by Gasteiger charge is -2.21. The molecule has 2 N–H and O–H groups in total. The number of nitrogens with one attached hydrogen (secondary N) is 2. The monoisotopic (exact) mass is 292 g/mol. The normalized spacial score (nSPS) is 12.8. The molecule has 4 heteroatoms. The number of hydrogen-bond acceptors (Lipinski definition) is 3. The predicted octanol–water partition coefficient (Wildman–Crippen LogP) is 3.25. The van der Waals surface area contributed by atoms with E-state index >= 15 is 0 Å². The van der Waals surface area contributed by atoms with Crippen LogP contribution in [0.25, 0.3) is 0 Å². The second kappa shape index (κ2) is 8.03. The van der Waals surface area contributed by atoms with Gasteiger partial charge in [-0.15, -0.1) is 0 Å². The van der Waals surface area contributed by atoms with Crippen molar-refractivity contribution in [1.82, 2.24) is 10.6 Å². The molecule has 1 atom stereocenters. The number of alkyl carbamates (subject to hydrolysis) is 1. The maximum atomic E-state index is 11.6. The summed E-state index contributed by atoms with van der Waals surface area (Å²) in [6.45, 7) is 11.1. The molecule has 0 bridgehead atoms. The van der Waals surface area contributed by atoms with E-state index in [1.54, 1.807) is 0 Å². The lowest BCUT2D eigenvalue weighted by Crippen LogP contribution is -2.41. The zero-order valence-electron chi connectivity index (χ0n) is 13.8. The topological polar surface area (TPSA) is 50.4 Å². The van der Waals surface area contributed by atoms with Gasteiger partial charge in [0.2, 0.25) is 0 Å². The average molecular weight is 292 g/mol. The Balaban J connectivity index is 2.34. The van der Waals surface area contributed by atoms with E-state index < -0.39 is 5.60 Å².